The van der Waals surface area contributed by atoms with Crippen molar-refractivity contribution in [3.05, 3.63) is 40.8 Å². The highest BCUT2D eigenvalue weighted by atomic mass is 79.9. The summed E-state index contributed by atoms with van der Waals surface area (Å²) in [5, 5.41) is 3.52. The Morgan fingerprint density at radius 3 is 2.48 bits per heavy atom. The van der Waals surface area contributed by atoms with E-state index >= 15 is 0 Å². The van der Waals surface area contributed by atoms with Gasteiger partial charge in [-0.3, -0.25) is 4.79 Å². The zero-order valence-corrected chi connectivity index (χ0v) is 18.5. The minimum Gasteiger partial charge on any atom is -0.368 e. The third-order valence-corrected chi connectivity index (χ3v) is 6.36. The highest BCUT2D eigenvalue weighted by Gasteiger charge is 2.49. The molecule has 0 saturated heterocycles. The molecule has 0 spiro atoms. The van der Waals surface area contributed by atoms with Crippen LogP contribution in [-0.4, -0.2) is 38.1 Å². The Morgan fingerprint density at radius 2 is 1.88 bits per heavy atom. The summed E-state index contributed by atoms with van der Waals surface area (Å²) >= 11 is 3.52. The first-order valence-corrected chi connectivity index (χ1v) is 10.8. The standard InChI is InChI=1S/C21H17BrF3N7O/c22-13-3-11-14(4-10(13)9-5-29-20(27)30-6-9)31-16-12(18(26)33)7-28-19(15(11)16)32-17(8-1-2-8)21(23,24)25/h3-8,17,31H,1-2H2,(H2,26,33)(H,28,32)(H2,27,29,30). The number of nitrogens with one attached hydrogen (secondary N) is 2. The fraction of sp³-hybridized carbons (Fsp3) is 0.238. The molecule has 12 heteroatoms. The second-order valence-electron chi connectivity index (χ2n) is 7.97. The smallest absolute Gasteiger partial charge is 0.368 e. The maximum atomic E-state index is 13.7. The minimum atomic E-state index is -4.44. The maximum Gasteiger partial charge on any atom is 0.408 e. The van der Waals surface area contributed by atoms with E-state index < -0.39 is 24.0 Å². The first kappa shape index (κ1) is 21.4. The third kappa shape index (κ3) is 3.84. The van der Waals surface area contributed by atoms with Crippen LogP contribution in [0, 0.1) is 5.92 Å². The van der Waals surface area contributed by atoms with Gasteiger partial charge in [0.25, 0.3) is 5.91 Å². The highest BCUT2D eigenvalue weighted by molar-refractivity contribution is 9.10. The molecule has 33 heavy (non-hydrogen) atoms. The molecule has 1 aromatic carbocycles. The quantitative estimate of drug-likeness (QED) is 0.309. The Labute approximate surface area is 193 Å². The number of aromatic nitrogens is 4. The minimum absolute atomic E-state index is 0.0333. The molecule has 4 aromatic rings. The van der Waals surface area contributed by atoms with Crippen LogP contribution in [-0.2, 0) is 0 Å². The van der Waals surface area contributed by atoms with E-state index in [1.54, 1.807) is 24.5 Å². The van der Waals surface area contributed by atoms with Gasteiger partial charge < -0.3 is 21.8 Å². The van der Waals surface area contributed by atoms with Crippen molar-refractivity contribution in [3.8, 4) is 11.1 Å². The van der Waals surface area contributed by atoms with E-state index in [-0.39, 0.29) is 17.3 Å². The number of rotatable bonds is 5. The van der Waals surface area contributed by atoms with Gasteiger partial charge in [-0.05, 0) is 30.9 Å². The second kappa shape index (κ2) is 7.58. The van der Waals surface area contributed by atoms with E-state index in [2.05, 4.69) is 41.2 Å². The number of hydrogen-bond donors (Lipinski definition) is 4. The van der Waals surface area contributed by atoms with Gasteiger partial charge in [-0.25, -0.2) is 15.0 Å². The summed E-state index contributed by atoms with van der Waals surface area (Å²) in [6, 6.07) is 1.80. The molecule has 1 atom stereocenters. The average molecular weight is 520 g/mol. The molecule has 1 fully saturated rings. The number of benzene rings is 1. The molecular formula is C21H17BrF3N7O. The normalized spacial score (nSPS) is 15.2. The largest absolute Gasteiger partial charge is 0.408 e. The average Bonchev–Trinajstić information content (AvgIpc) is 3.51. The number of carbonyl (C=O) groups excluding carboxylic acids is 1. The summed E-state index contributed by atoms with van der Waals surface area (Å²) in [5.74, 6) is -1.09. The summed E-state index contributed by atoms with van der Waals surface area (Å²) in [7, 11) is 0. The zero-order valence-electron chi connectivity index (χ0n) is 16.9. The fourth-order valence-corrected chi connectivity index (χ4v) is 4.53. The predicted octanol–water partition coefficient (Wildman–Crippen LogP) is 4.37. The Bertz CT molecular complexity index is 1400. The van der Waals surface area contributed by atoms with E-state index in [1.807, 2.05) is 0 Å². The number of alkyl halides is 3. The van der Waals surface area contributed by atoms with Crippen LogP contribution in [0.4, 0.5) is 24.9 Å². The SMILES string of the molecule is NC(=O)c1cnc(NC(C2CC2)C(F)(F)F)c2c1[nH]c1cc(-c3cnc(N)nc3)c(Br)cc12. The van der Waals surface area contributed by atoms with Crippen molar-refractivity contribution in [1.82, 2.24) is 19.9 Å². The fourth-order valence-electron chi connectivity index (χ4n) is 3.96. The zero-order chi connectivity index (χ0) is 23.5. The van der Waals surface area contributed by atoms with Crippen LogP contribution in [0.3, 0.4) is 0 Å². The maximum absolute atomic E-state index is 13.7. The number of halogens is 4. The second-order valence-corrected chi connectivity index (χ2v) is 8.82. The lowest BCUT2D eigenvalue weighted by Crippen LogP contribution is -2.38. The number of anilines is 2. The molecule has 5 rings (SSSR count). The first-order chi connectivity index (χ1) is 15.6. The summed E-state index contributed by atoms with van der Waals surface area (Å²) in [4.78, 5) is 27.3. The molecule has 1 unspecified atom stereocenters. The number of pyridine rings is 1. The molecule has 0 bridgehead atoms. The van der Waals surface area contributed by atoms with Gasteiger partial charge in [-0.1, -0.05) is 15.9 Å². The van der Waals surface area contributed by atoms with Crippen LogP contribution in [0.2, 0.25) is 0 Å². The Balaban J connectivity index is 1.72. The van der Waals surface area contributed by atoms with Crippen molar-refractivity contribution in [2.75, 3.05) is 11.1 Å². The highest BCUT2D eigenvalue weighted by Crippen LogP contribution is 2.44. The van der Waals surface area contributed by atoms with E-state index in [0.717, 1.165) is 5.56 Å². The van der Waals surface area contributed by atoms with Crippen LogP contribution in [0.25, 0.3) is 32.9 Å². The molecule has 1 saturated carbocycles. The van der Waals surface area contributed by atoms with Crippen molar-refractivity contribution >= 4 is 55.4 Å². The summed E-state index contributed by atoms with van der Waals surface area (Å²) in [6.07, 6.45) is 0.852. The van der Waals surface area contributed by atoms with Gasteiger partial charge in [0.15, 0.2) is 0 Å². The third-order valence-electron chi connectivity index (χ3n) is 5.70. The Kier molecular flexibility index (Phi) is 4.92. The number of nitrogen functional groups attached to an aromatic ring is 1. The summed E-state index contributed by atoms with van der Waals surface area (Å²) in [5.41, 5.74) is 13.4. The van der Waals surface area contributed by atoms with Gasteiger partial charge in [0.05, 0.1) is 16.5 Å². The number of amides is 1. The van der Waals surface area contributed by atoms with Crippen molar-refractivity contribution in [2.45, 2.75) is 25.1 Å². The number of nitrogens with zero attached hydrogens (tertiary/aromatic N) is 3. The predicted molar refractivity (Wildman–Crippen MR) is 121 cm³/mol. The summed E-state index contributed by atoms with van der Waals surface area (Å²) < 4.78 is 41.7. The van der Waals surface area contributed by atoms with Crippen molar-refractivity contribution in [1.29, 1.82) is 0 Å². The molecule has 8 nitrogen and oxygen atoms in total. The van der Waals surface area contributed by atoms with Crippen LogP contribution in [0.5, 0.6) is 0 Å². The number of nitrogens with two attached hydrogens (primary N) is 2. The molecule has 0 radical (unpaired) electrons. The van der Waals surface area contributed by atoms with E-state index in [9.17, 15) is 18.0 Å². The van der Waals surface area contributed by atoms with Crippen molar-refractivity contribution < 1.29 is 18.0 Å². The molecule has 1 amide bonds. The molecule has 6 N–H and O–H groups in total. The first-order valence-electron chi connectivity index (χ1n) is 9.98. The van der Waals surface area contributed by atoms with Crippen LogP contribution in [0.15, 0.2) is 35.2 Å². The lowest BCUT2D eigenvalue weighted by molar-refractivity contribution is -0.146. The topological polar surface area (TPSA) is 136 Å². The number of fused-ring (bicyclic) bond motifs is 3. The van der Waals surface area contributed by atoms with Gasteiger partial charge in [0.1, 0.15) is 11.9 Å². The van der Waals surface area contributed by atoms with Gasteiger partial charge in [0, 0.05) is 45.1 Å². The molecule has 170 valence electrons. The van der Waals surface area contributed by atoms with Crippen LogP contribution >= 0.6 is 15.9 Å². The van der Waals surface area contributed by atoms with Crippen LogP contribution < -0.4 is 16.8 Å². The number of primary amides is 1. The van der Waals surface area contributed by atoms with Crippen molar-refractivity contribution in [3.63, 3.8) is 0 Å². The van der Waals surface area contributed by atoms with Gasteiger partial charge in [0.2, 0.25) is 5.95 Å². The number of carbonyl (C=O) groups is 1. The molecule has 3 heterocycles. The van der Waals surface area contributed by atoms with E-state index in [4.69, 9.17) is 11.5 Å². The molecular weight excluding hydrogens is 503 g/mol. The number of H-pyrrole nitrogens is 1. The Morgan fingerprint density at radius 1 is 1.18 bits per heavy atom. The number of aromatic amines is 1. The van der Waals surface area contributed by atoms with Gasteiger partial charge >= 0.3 is 6.18 Å². The number of hydrogen-bond acceptors (Lipinski definition) is 6. The lowest BCUT2D eigenvalue weighted by atomic mass is 10.0. The van der Waals surface area contributed by atoms with Crippen molar-refractivity contribution in [2.24, 2.45) is 11.7 Å². The molecule has 1 aliphatic rings. The monoisotopic (exact) mass is 519 g/mol. The van der Waals surface area contributed by atoms with Crippen LogP contribution in [0.1, 0.15) is 23.2 Å². The molecule has 3 aromatic heterocycles. The molecule has 0 aliphatic heterocycles. The molecule has 1 aliphatic carbocycles. The lowest BCUT2D eigenvalue weighted by Gasteiger charge is -2.22. The van der Waals surface area contributed by atoms with E-state index in [0.29, 0.717) is 44.7 Å². The van der Waals surface area contributed by atoms with E-state index in [1.165, 1.54) is 6.20 Å². The van der Waals surface area contributed by atoms with Gasteiger partial charge in [-0.2, -0.15) is 13.2 Å². The summed E-state index contributed by atoms with van der Waals surface area (Å²) in [6.45, 7) is 0. The Hall–Kier alpha value is -3.41. The van der Waals surface area contributed by atoms with Gasteiger partial charge in [-0.15, -0.1) is 0 Å².